The molecule has 1 N–H and O–H groups in total. The van der Waals surface area contributed by atoms with Gasteiger partial charge in [-0.2, -0.15) is 4.98 Å². The summed E-state index contributed by atoms with van der Waals surface area (Å²) in [5, 5.41) is 6.88. The Morgan fingerprint density at radius 3 is 3.00 bits per heavy atom. The molecule has 1 fully saturated rings. The van der Waals surface area contributed by atoms with Gasteiger partial charge in [0.15, 0.2) is 12.4 Å². The zero-order valence-electron chi connectivity index (χ0n) is 15.2. The first kappa shape index (κ1) is 19.1. The third kappa shape index (κ3) is 5.16. The van der Waals surface area contributed by atoms with Crippen LogP contribution in [0, 0.1) is 5.82 Å². The zero-order chi connectivity index (χ0) is 19.1. The van der Waals surface area contributed by atoms with Crippen LogP contribution in [-0.4, -0.2) is 47.9 Å². The maximum Gasteiger partial charge on any atom is 0.318 e. The number of hydrogen-bond donors (Lipinski definition) is 1. The molecule has 8 nitrogen and oxygen atoms in total. The SMILES string of the molecule is COCCCNC(=O)N1CCCC1c1noc(COc2ccc(F)cc2)n1. The minimum Gasteiger partial charge on any atom is -0.484 e. The lowest BCUT2D eigenvalue weighted by atomic mass is 10.2. The second kappa shape index (κ2) is 9.31. The van der Waals surface area contributed by atoms with Crippen LogP contribution in [0.2, 0.25) is 0 Å². The summed E-state index contributed by atoms with van der Waals surface area (Å²) in [6.45, 7) is 1.89. The molecule has 2 amide bonds. The first-order valence-corrected chi connectivity index (χ1v) is 8.91. The van der Waals surface area contributed by atoms with E-state index in [4.69, 9.17) is 14.0 Å². The Hall–Kier alpha value is -2.68. The van der Waals surface area contributed by atoms with Gasteiger partial charge in [0, 0.05) is 26.8 Å². The summed E-state index contributed by atoms with van der Waals surface area (Å²) in [4.78, 5) is 18.4. The van der Waals surface area contributed by atoms with Crippen LogP contribution in [0.5, 0.6) is 5.75 Å². The van der Waals surface area contributed by atoms with Gasteiger partial charge >= 0.3 is 6.03 Å². The van der Waals surface area contributed by atoms with E-state index in [0.717, 1.165) is 19.3 Å². The maximum absolute atomic E-state index is 12.9. The van der Waals surface area contributed by atoms with Gasteiger partial charge in [0.1, 0.15) is 11.6 Å². The highest BCUT2D eigenvalue weighted by atomic mass is 19.1. The average Bonchev–Trinajstić information content (AvgIpc) is 3.33. The van der Waals surface area contributed by atoms with E-state index in [0.29, 0.717) is 37.2 Å². The van der Waals surface area contributed by atoms with E-state index in [-0.39, 0.29) is 24.5 Å². The number of amides is 2. The minimum atomic E-state index is -0.329. The van der Waals surface area contributed by atoms with E-state index in [9.17, 15) is 9.18 Å². The van der Waals surface area contributed by atoms with Gasteiger partial charge in [-0.1, -0.05) is 5.16 Å². The third-order valence-corrected chi connectivity index (χ3v) is 4.27. The minimum absolute atomic E-state index is 0.0779. The number of rotatable bonds is 8. The Morgan fingerprint density at radius 1 is 1.41 bits per heavy atom. The molecular weight excluding hydrogens is 355 g/mol. The Bertz CT molecular complexity index is 737. The van der Waals surface area contributed by atoms with Gasteiger partial charge < -0.3 is 24.2 Å². The molecule has 0 aliphatic carbocycles. The lowest BCUT2D eigenvalue weighted by molar-refractivity contribution is 0.180. The number of likely N-dealkylation sites (tertiary alicyclic amines) is 1. The number of carbonyl (C=O) groups excluding carboxylic acids is 1. The molecule has 1 saturated heterocycles. The molecule has 0 radical (unpaired) electrons. The van der Waals surface area contributed by atoms with Crippen molar-refractivity contribution >= 4 is 6.03 Å². The average molecular weight is 378 g/mol. The highest BCUT2D eigenvalue weighted by Gasteiger charge is 2.33. The Labute approximate surface area is 156 Å². The van der Waals surface area contributed by atoms with Gasteiger partial charge in [0.2, 0.25) is 0 Å². The largest absolute Gasteiger partial charge is 0.484 e. The number of carbonyl (C=O) groups is 1. The number of methoxy groups -OCH3 is 1. The molecule has 2 aromatic rings. The molecule has 0 bridgehead atoms. The second-order valence-corrected chi connectivity index (χ2v) is 6.22. The van der Waals surface area contributed by atoms with Crippen molar-refractivity contribution < 1.29 is 23.2 Å². The number of urea groups is 1. The molecule has 1 aromatic heterocycles. The number of halogens is 1. The van der Waals surface area contributed by atoms with Crippen LogP contribution in [0.4, 0.5) is 9.18 Å². The molecule has 2 heterocycles. The molecule has 1 aliphatic rings. The number of nitrogens with one attached hydrogen (secondary N) is 1. The molecule has 27 heavy (non-hydrogen) atoms. The summed E-state index contributed by atoms with van der Waals surface area (Å²) < 4.78 is 28.6. The van der Waals surface area contributed by atoms with E-state index in [2.05, 4.69) is 15.5 Å². The fraction of sp³-hybridized carbons (Fsp3) is 0.500. The van der Waals surface area contributed by atoms with Crippen LogP contribution in [0.1, 0.15) is 37.0 Å². The van der Waals surface area contributed by atoms with Crippen molar-refractivity contribution in [1.82, 2.24) is 20.4 Å². The Balaban J connectivity index is 1.54. The number of benzene rings is 1. The van der Waals surface area contributed by atoms with Gasteiger partial charge in [0.05, 0.1) is 6.04 Å². The van der Waals surface area contributed by atoms with Crippen molar-refractivity contribution in [1.29, 1.82) is 0 Å². The van der Waals surface area contributed by atoms with Crippen LogP contribution < -0.4 is 10.1 Å². The van der Waals surface area contributed by atoms with Crippen molar-refractivity contribution in [3.63, 3.8) is 0 Å². The monoisotopic (exact) mass is 378 g/mol. The lowest BCUT2D eigenvalue weighted by Crippen LogP contribution is -2.40. The molecule has 9 heteroatoms. The standard InChI is InChI=1S/C18H23FN4O4/c1-25-11-3-9-20-18(24)23-10-2-4-15(23)17-21-16(27-22-17)12-26-14-7-5-13(19)6-8-14/h5-8,15H,2-4,9-12H2,1H3,(H,20,24). The topological polar surface area (TPSA) is 89.7 Å². The molecule has 146 valence electrons. The first-order valence-electron chi connectivity index (χ1n) is 8.91. The fourth-order valence-electron chi connectivity index (χ4n) is 2.93. The van der Waals surface area contributed by atoms with E-state index in [1.54, 1.807) is 12.0 Å². The van der Waals surface area contributed by atoms with Gasteiger partial charge in [-0.3, -0.25) is 0 Å². The molecular formula is C18H23FN4O4. The van der Waals surface area contributed by atoms with Crippen LogP contribution in [0.3, 0.4) is 0 Å². The smallest absolute Gasteiger partial charge is 0.318 e. The zero-order valence-corrected chi connectivity index (χ0v) is 15.2. The van der Waals surface area contributed by atoms with Crippen LogP contribution in [-0.2, 0) is 11.3 Å². The van der Waals surface area contributed by atoms with Gasteiger partial charge in [-0.25, -0.2) is 9.18 Å². The number of ether oxygens (including phenoxy) is 2. The summed E-state index contributed by atoms with van der Waals surface area (Å²) in [7, 11) is 1.63. The molecule has 1 aliphatic heterocycles. The van der Waals surface area contributed by atoms with Crippen molar-refractivity contribution in [2.45, 2.75) is 31.9 Å². The molecule has 3 rings (SSSR count). The first-order chi connectivity index (χ1) is 13.2. The predicted molar refractivity (Wildman–Crippen MR) is 93.6 cm³/mol. The molecule has 1 unspecified atom stereocenters. The van der Waals surface area contributed by atoms with E-state index in [1.165, 1.54) is 24.3 Å². The third-order valence-electron chi connectivity index (χ3n) is 4.27. The van der Waals surface area contributed by atoms with Crippen molar-refractivity contribution in [3.8, 4) is 5.75 Å². The Morgan fingerprint density at radius 2 is 2.22 bits per heavy atom. The van der Waals surface area contributed by atoms with Crippen LogP contribution in [0.15, 0.2) is 28.8 Å². The summed E-state index contributed by atoms with van der Waals surface area (Å²) in [5.74, 6) is 0.956. The Kier molecular flexibility index (Phi) is 6.59. The molecule has 1 atom stereocenters. The predicted octanol–water partition coefficient (Wildman–Crippen LogP) is 2.67. The van der Waals surface area contributed by atoms with Crippen molar-refractivity contribution in [3.05, 3.63) is 41.8 Å². The number of nitrogens with zero attached hydrogens (tertiary/aromatic N) is 3. The summed E-state index contributed by atoms with van der Waals surface area (Å²) in [6.07, 6.45) is 2.42. The summed E-state index contributed by atoms with van der Waals surface area (Å²) >= 11 is 0. The highest BCUT2D eigenvalue weighted by Crippen LogP contribution is 2.30. The van der Waals surface area contributed by atoms with Gasteiger partial charge in [-0.05, 0) is 43.5 Å². The fourth-order valence-corrected chi connectivity index (χ4v) is 2.93. The normalized spacial score (nSPS) is 16.5. The number of hydrogen-bond acceptors (Lipinski definition) is 6. The van der Waals surface area contributed by atoms with Crippen molar-refractivity contribution in [2.24, 2.45) is 0 Å². The van der Waals surface area contributed by atoms with E-state index in [1.807, 2.05) is 0 Å². The van der Waals surface area contributed by atoms with Crippen LogP contribution >= 0.6 is 0 Å². The maximum atomic E-state index is 12.9. The van der Waals surface area contributed by atoms with Gasteiger partial charge in [-0.15, -0.1) is 0 Å². The molecule has 0 spiro atoms. The quantitative estimate of drug-likeness (QED) is 0.711. The van der Waals surface area contributed by atoms with Crippen molar-refractivity contribution in [2.75, 3.05) is 26.8 Å². The molecule has 0 saturated carbocycles. The highest BCUT2D eigenvalue weighted by molar-refractivity contribution is 5.74. The molecule has 1 aromatic carbocycles. The summed E-state index contributed by atoms with van der Waals surface area (Å²) in [6, 6.07) is 5.34. The number of aromatic nitrogens is 2. The summed E-state index contributed by atoms with van der Waals surface area (Å²) in [5.41, 5.74) is 0. The van der Waals surface area contributed by atoms with E-state index < -0.39 is 0 Å². The lowest BCUT2D eigenvalue weighted by Gasteiger charge is -2.22. The van der Waals surface area contributed by atoms with Gasteiger partial charge in [0.25, 0.3) is 5.89 Å². The van der Waals surface area contributed by atoms with Crippen LogP contribution in [0.25, 0.3) is 0 Å². The second-order valence-electron chi connectivity index (χ2n) is 6.22. The van der Waals surface area contributed by atoms with E-state index >= 15 is 0 Å².